The molecular weight excluding hydrogens is 402 g/mol. The van der Waals surface area contributed by atoms with Gasteiger partial charge in [-0.1, -0.05) is 111 Å². The third-order valence-electron chi connectivity index (χ3n) is 6.05. The molecule has 0 unspecified atom stereocenters. The van der Waals surface area contributed by atoms with Crippen molar-refractivity contribution < 1.29 is 0 Å². The van der Waals surface area contributed by atoms with E-state index >= 15 is 0 Å². The van der Waals surface area contributed by atoms with Crippen molar-refractivity contribution in [3.05, 3.63) is 108 Å². The zero-order chi connectivity index (χ0) is 23.4. The van der Waals surface area contributed by atoms with Crippen LogP contribution < -0.4 is 0 Å². The molecule has 0 atom stereocenters. The van der Waals surface area contributed by atoms with E-state index in [0.29, 0.717) is 0 Å². The maximum atomic E-state index is 4.61. The van der Waals surface area contributed by atoms with Gasteiger partial charge in [0.1, 0.15) is 0 Å². The molecule has 0 radical (unpaired) electrons. The second-order valence-corrected chi connectivity index (χ2v) is 9.41. The highest BCUT2D eigenvalue weighted by Crippen LogP contribution is 2.29. The van der Waals surface area contributed by atoms with E-state index in [4.69, 9.17) is 0 Å². The van der Waals surface area contributed by atoms with Crippen molar-refractivity contribution in [2.75, 3.05) is 0 Å². The molecule has 0 N–H and O–H groups in total. The smallest absolute Gasteiger partial charge is 0.168 e. The summed E-state index contributed by atoms with van der Waals surface area (Å²) in [5.74, 6) is 1.68. The van der Waals surface area contributed by atoms with Crippen LogP contribution in [0, 0.1) is 5.41 Å². The lowest BCUT2D eigenvalue weighted by molar-refractivity contribution is 0.504. The molecule has 0 aliphatic carbocycles. The van der Waals surface area contributed by atoms with Crippen molar-refractivity contribution in [3.8, 4) is 28.2 Å². The van der Waals surface area contributed by atoms with Gasteiger partial charge in [-0.05, 0) is 48.1 Å². The molecular formula is C30H31N3. The summed E-state index contributed by atoms with van der Waals surface area (Å²) >= 11 is 0. The summed E-state index contributed by atoms with van der Waals surface area (Å²) in [5.41, 5.74) is 7.00. The summed E-state index contributed by atoms with van der Waals surface area (Å²) in [5, 5.41) is 9.22. The Kier molecular flexibility index (Phi) is 6.41. The monoisotopic (exact) mass is 433 g/mol. The molecule has 1 aromatic heterocycles. The van der Waals surface area contributed by atoms with E-state index in [1.54, 1.807) is 0 Å². The second kappa shape index (κ2) is 9.41. The molecule has 33 heavy (non-hydrogen) atoms. The minimum atomic E-state index is 0.134. The zero-order valence-electron chi connectivity index (χ0n) is 20.1. The number of allylic oxidation sites excluding steroid dienone is 4. The Morgan fingerprint density at radius 3 is 1.82 bits per heavy atom. The van der Waals surface area contributed by atoms with E-state index in [1.807, 2.05) is 24.3 Å². The first-order valence-electron chi connectivity index (χ1n) is 11.4. The summed E-state index contributed by atoms with van der Waals surface area (Å²) in [4.78, 5) is 0. The van der Waals surface area contributed by atoms with Crippen LogP contribution in [0.4, 0.5) is 0 Å². The molecule has 3 heteroatoms. The van der Waals surface area contributed by atoms with E-state index in [0.717, 1.165) is 28.5 Å². The lowest BCUT2D eigenvalue weighted by Crippen LogP contribution is -2.06. The van der Waals surface area contributed by atoms with Crippen LogP contribution >= 0.6 is 0 Å². The third-order valence-corrected chi connectivity index (χ3v) is 6.05. The predicted octanol–water partition coefficient (Wildman–Crippen LogP) is 8.00. The molecule has 166 valence electrons. The van der Waals surface area contributed by atoms with Crippen molar-refractivity contribution >= 4 is 5.57 Å². The summed E-state index contributed by atoms with van der Waals surface area (Å²) < 4.78 is 2.14. The average Bonchev–Trinajstić information content (AvgIpc) is 3.28. The molecule has 0 saturated heterocycles. The fourth-order valence-electron chi connectivity index (χ4n) is 3.57. The Morgan fingerprint density at radius 2 is 1.21 bits per heavy atom. The van der Waals surface area contributed by atoms with E-state index in [9.17, 15) is 0 Å². The van der Waals surface area contributed by atoms with Crippen molar-refractivity contribution in [2.45, 2.75) is 34.6 Å². The summed E-state index contributed by atoms with van der Waals surface area (Å²) in [6.45, 7) is 11.0. The lowest BCUT2D eigenvalue weighted by atomic mass is 9.87. The number of nitrogens with zero attached hydrogens (tertiary/aromatic N) is 3. The molecule has 0 saturated carbocycles. The Bertz CT molecular complexity index is 1270. The molecule has 1 heterocycles. The molecule has 3 aromatic carbocycles. The highest BCUT2D eigenvalue weighted by Gasteiger charge is 2.17. The fourth-order valence-corrected chi connectivity index (χ4v) is 3.57. The molecule has 3 nitrogen and oxygen atoms in total. The van der Waals surface area contributed by atoms with Crippen LogP contribution in [0.15, 0.2) is 103 Å². The maximum Gasteiger partial charge on any atom is 0.168 e. The number of hydrogen-bond donors (Lipinski definition) is 0. The fraction of sp³-hybridized carbons (Fsp3) is 0.200. The van der Waals surface area contributed by atoms with Gasteiger partial charge >= 0.3 is 0 Å². The van der Waals surface area contributed by atoms with Gasteiger partial charge in [0.2, 0.25) is 0 Å². The summed E-state index contributed by atoms with van der Waals surface area (Å²) in [7, 11) is 0. The molecule has 4 rings (SSSR count). The minimum absolute atomic E-state index is 0.134. The van der Waals surface area contributed by atoms with E-state index in [-0.39, 0.29) is 5.41 Å². The Morgan fingerprint density at radius 1 is 0.667 bits per heavy atom. The second-order valence-electron chi connectivity index (χ2n) is 9.41. The number of rotatable bonds is 5. The Hall–Kier alpha value is -3.72. The first-order chi connectivity index (χ1) is 15.8. The van der Waals surface area contributed by atoms with Crippen molar-refractivity contribution in [2.24, 2.45) is 5.41 Å². The minimum Gasteiger partial charge on any atom is -0.275 e. The molecule has 0 spiro atoms. The lowest BCUT2D eigenvalue weighted by Gasteiger charge is -2.18. The molecule has 4 aromatic rings. The van der Waals surface area contributed by atoms with Crippen LogP contribution in [0.3, 0.4) is 0 Å². The first kappa shape index (κ1) is 22.5. The maximum absolute atomic E-state index is 4.61. The van der Waals surface area contributed by atoms with Gasteiger partial charge in [-0.3, -0.25) is 4.57 Å². The zero-order valence-corrected chi connectivity index (χ0v) is 20.1. The normalized spacial score (nSPS) is 12.8. The van der Waals surface area contributed by atoms with E-state index < -0.39 is 0 Å². The van der Waals surface area contributed by atoms with Crippen LogP contribution in [-0.4, -0.2) is 14.8 Å². The molecule has 0 amide bonds. The van der Waals surface area contributed by atoms with Gasteiger partial charge in [-0.2, -0.15) is 0 Å². The largest absolute Gasteiger partial charge is 0.275 e. The van der Waals surface area contributed by atoms with Gasteiger partial charge in [-0.15, -0.1) is 10.2 Å². The van der Waals surface area contributed by atoms with Crippen molar-refractivity contribution in [1.82, 2.24) is 14.8 Å². The van der Waals surface area contributed by atoms with E-state index in [1.165, 1.54) is 16.7 Å². The summed E-state index contributed by atoms with van der Waals surface area (Å²) in [6, 6.07) is 29.3. The van der Waals surface area contributed by atoms with Crippen molar-refractivity contribution in [1.29, 1.82) is 0 Å². The molecule has 0 aliphatic heterocycles. The predicted molar refractivity (Wildman–Crippen MR) is 139 cm³/mol. The van der Waals surface area contributed by atoms with Gasteiger partial charge in [0.05, 0.1) is 0 Å². The first-order valence-corrected chi connectivity index (χ1v) is 11.4. The molecule has 0 fully saturated rings. The van der Waals surface area contributed by atoms with Gasteiger partial charge in [0.25, 0.3) is 0 Å². The SMILES string of the molecule is C/C(=C\C=C(/C)C(C)(C)C)c1nnc(-c2ccc(-c3ccccc3)cc2)n1-c1ccccc1. The average molecular weight is 434 g/mol. The van der Waals surface area contributed by atoms with Gasteiger partial charge < -0.3 is 0 Å². The number of para-hydroxylation sites is 1. The number of benzene rings is 3. The van der Waals surface area contributed by atoms with E-state index in [2.05, 4.69) is 122 Å². The Labute approximate surface area is 197 Å². The van der Waals surface area contributed by atoms with Crippen LogP contribution in [0.2, 0.25) is 0 Å². The van der Waals surface area contributed by atoms with Crippen LogP contribution in [-0.2, 0) is 0 Å². The van der Waals surface area contributed by atoms with Crippen LogP contribution in [0.5, 0.6) is 0 Å². The third kappa shape index (κ3) is 5.04. The number of hydrogen-bond acceptors (Lipinski definition) is 2. The van der Waals surface area contributed by atoms with Gasteiger partial charge in [0, 0.05) is 11.3 Å². The van der Waals surface area contributed by atoms with Crippen LogP contribution in [0.25, 0.3) is 33.8 Å². The molecule has 0 bridgehead atoms. The van der Waals surface area contributed by atoms with Crippen LogP contribution in [0.1, 0.15) is 40.4 Å². The van der Waals surface area contributed by atoms with Gasteiger partial charge in [0.15, 0.2) is 11.6 Å². The highest BCUT2D eigenvalue weighted by molar-refractivity contribution is 5.71. The number of aromatic nitrogens is 3. The highest BCUT2D eigenvalue weighted by atomic mass is 15.3. The Balaban J connectivity index is 1.78. The quantitative estimate of drug-likeness (QED) is 0.299. The van der Waals surface area contributed by atoms with Gasteiger partial charge in [-0.25, -0.2) is 0 Å². The topological polar surface area (TPSA) is 30.7 Å². The van der Waals surface area contributed by atoms with Crippen molar-refractivity contribution in [3.63, 3.8) is 0 Å². The molecule has 0 aliphatic rings. The summed E-state index contributed by atoms with van der Waals surface area (Å²) in [6.07, 6.45) is 4.33. The standard InChI is InChI=1S/C30H31N3/c1-22(16-17-23(2)30(3,4)5)28-31-32-29(33(28)27-14-10-7-11-15-27)26-20-18-25(19-21-26)24-12-8-6-9-13-24/h6-21H,1-5H3/b22-16+,23-17+.